The van der Waals surface area contributed by atoms with Gasteiger partial charge in [-0.15, -0.1) is 0 Å². The van der Waals surface area contributed by atoms with E-state index in [-0.39, 0.29) is 30.1 Å². The first-order valence-corrected chi connectivity index (χ1v) is 31.0. The number of anilines is 6. The molecule has 0 radical (unpaired) electrons. The third-order valence-electron chi connectivity index (χ3n) is 15.2. The molecule has 3 aliphatic heterocycles. The van der Waals surface area contributed by atoms with Gasteiger partial charge in [0.15, 0.2) is 68.9 Å². The fourth-order valence-electron chi connectivity index (χ4n) is 10.7. The lowest BCUT2D eigenvalue weighted by Gasteiger charge is -2.24. The van der Waals surface area contributed by atoms with Gasteiger partial charge >= 0.3 is 18.3 Å². The molecule has 0 aliphatic carbocycles. The molecule has 2 fully saturated rings. The summed E-state index contributed by atoms with van der Waals surface area (Å²) in [5, 5.41) is 22.8. The number of nitrogens with one attached hydrogen (secondary N) is 3. The third-order valence-corrected chi connectivity index (χ3v) is 15.2. The fraction of sp³-hybridized carbons (Fsp3) is 0.424. The lowest BCUT2D eigenvalue weighted by molar-refractivity contribution is 0.0282. The van der Waals surface area contributed by atoms with Crippen LogP contribution in [0.1, 0.15) is 104 Å². The highest BCUT2D eigenvalue weighted by Gasteiger charge is 2.34. The van der Waals surface area contributed by atoms with Crippen LogP contribution in [0.15, 0.2) is 98.2 Å². The summed E-state index contributed by atoms with van der Waals surface area (Å²) in [6.45, 7) is 19.9. The van der Waals surface area contributed by atoms with E-state index in [1.54, 1.807) is 77.1 Å². The Hall–Kier alpha value is -10.9. The van der Waals surface area contributed by atoms with Crippen molar-refractivity contribution in [3.05, 3.63) is 115 Å². The molecule has 0 spiro atoms. The molecule has 3 N–H and O–H groups in total. The standard InChI is InChI=1S/2C22H28N6O4.C22H26N6O4/c3*1-22(2,3)32-21(29)27-9-8-14(11-27)16-12-28-20(23-13-24-28)19(26-16)25-15-6-7-17(30-4)18(10-15)31-5/h2*6-7,10,12-14H,8-9,11H2,1-5H3,(H,25,26);6-8,10,12-13H,9,11H2,1-5H3,(H,25,26)/t2*14-;/m10./s1. The van der Waals surface area contributed by atoms with Crippen molar-refractivity contribution in [2.24, 2.45) is 0 Å². The number of aromatic nitrogens is 12. The van der Waals surface area contributed by atoms with E-state index >= 15 is 0 Å². The first-order valence-electron chi connectivity index (χ1n) is 31.0. The van der Waals surface area contributed by atoms with Gasteiger partial charge in [0.25, 0.3) is 0 Å². The highest BCUT2D eigenvalue weighted by molar-refractivity contribution is 5.79. The quantitative estimate of drug-likeness (QED) is 0.0803. The Morgan fingerprint density at radius 3 is 1.15 bits per heavy atom. The topological polar surface area (TPSA) is 309 Å². The van der Waals surface area contributed by atoms with E-state index in [9.17, 15) is 14.4 Å². The zero-order valence-corrected chi connectivity index (χ0v) is 56.7. The van der Waals surface area contributed by atoms with Crippen LogP contribution < -0.4 is 44.4 Å². The molecule has 0 unspecified atom stereocenters. The maximum absolute atomic E-state index is 12.5. The maximum atomic E-state index is 12.5. The smallest absolute Gasteiger partial charge is 0.410 e. The van der Waals surface area contributed by atoms with Crippen LogP contribution >= 0.6 is 0 Å². The maximum Gasteiger partial charge on any atom is 0.410 e. The van der Waals surface area contributed by atoms with E-state index in [0.29, 0.717) is 114 Å². The highest BCUT2D eigenvalue weighted by atomic mass is 16.6. The Morgan fingerprint density at radius 2 is 0.792 bits per heavy atom. The Kier molecular flexibility index (Phi) is 20.3. The fourth-order valence-corrected chi connectivity index (χ4v) is 10.7. The summed E-state index contributed by atoms with van der Waals surface area (Å²) in [4.78, 5) is 69.8. The van der Waals surface area contributed by atoms with Crippen LogP contribution in [0.4, 0.5) is 48.9 Å². The van der Waals surface area contributed by atoms with Crippen molar-refractivity contribution in [2.45, 2.75) is 104 Å². The van der Waals surface area contributed by atoms with Crippen LogP contribution in [-0.4, -0.2) is 190 Å². The van der Waals surface area contributed by atoms with Gasteiger partial charge in [-0.25, -0.2) is 57.8 Å². The van der Waals surface area contributed by atoms with Crippen LogP contribution in [-0.2, 0) is 14.2 Å². The molecule has 9 heterocycles. The number of carbonyl (C=O) groups is 3. The SMILES string of the molecule is COc1ccc(Nc2nc(C3=CCN(C(=O)OC(C)(C)C)C3)cn3ncnc23)cc1OC.COc1ccc(Nc2nc([C@@H]3CCN(C(=O)OC(C)(C)C)C3)cn3ncnc23)cc1OC.COc1ccc(Nc2nc([C@H]3CCN(C(=O)OC(C)(C)C)C3)cn3ncnc23)cc1OC. The molecule has 2 atom stereocenters. The van der Waals surface area contributed by atoms with E-state index < -0.39 is 16.8 Å². The molecule has 2 saturated heterocycles. The molecule has 9 aromatic rings. The molecule has 30 heteroatoms. The molecule has 0 bridgehead atoms. The van der Waals surface area contributed by atoms with Gasteiger partial charge in [0.05, 0.1) is 84.9 Å². The third kappa shape index (κ3) is 16.5. The van der Waals surface area contributed by atoms with E-state index in [2.05, 4.69) is 46.2 Å². The Balaban J connectivity index is 0.000000157. The van der Waals surface area contributed by atoms with Crippen molar-refractivity contribution in [3.63, 3.8) is 0 Å². The Labute approximate surface area is 555 Å². The van der Waals surface area contributed by atoms with Crippen LogP contribution in [0.25, 0.3) is 22.5 Å². The number of hydrogen-bond acceptors (Lipinski definition) is 24. The van der Waals surface area contributed by atoms with Gasteiger partial charge in [-0.2, -0.15) is 15.3 Å². The van der Waals surface area contributed by atoms with Gasteiger partial charge in [0, 0.05) is 79.8 Å². The Bertz CT molecular complexity index is 4070. The summed E-state index contributed by atoms with van der Waals surface area (Å²) in [7, 11) is 9.54. The van der Waals surface area contributed by atoms with Gasteiger partial charge in [0.2, 0.25) is 0 Å². The highest BCUT2D eigenvalue weighted by Crippen LogP contribution is 2.37. The largest absolute Gasteiger partial charge is 0.493 e. The number of hydrogen-bond donors (Lipinski definition) is 3. The van der Waals surface area contributed by atoms with Gasteiger partial charge < -0.3 is 73.3 Å². The van der Waals surface area contributed by atoms with E-state index in [0.717, 1.165) is 46.9 Å². The molecule has 30 nitrogen and oxygen atoms in total. The Morgan fingerprint density at radius 1 is 0.448 bits per heavy atom. The van der Waals surface area contributed by atoms with Crippen molar-refractivity contribution in [2.75, 3.05) is 97.9 Å². The van der Waals surface area contributed by atoms with Gasteiger partial charge in [0.1, 0.15) is 35.8 Å². The van der Waals surface area contributed by atoms with E-state index in [1.165, 1.54) is 19.0 Å². The average molecular weight is 1320 g/mol. The minimum Gasteiger partial charge on any atom is -0.493 e. The van der Waals surface area contributed by atoms with Gasteiger partial charge in [-0.1, -0.05) is 6.08 Å². The van der Waals surface area contributed by atoms with Crippen molar-refractivity contribution in [3.8, 4) is 34.5 Å². The lowest BCUT2D eigenvalue weighted by atomic mass is 10.1. The summed E-state index contributed by atoms with van der Waals surface area (Å²) in [5.41, 5.74) is 5.75. The molecule has 12 rings (SSSR count). The molecule has 96 heavy (non-hydrogen) atoms. The normalized spacial score (nSPS) is 15.4. The van der Waals surface area contributed by atoms with Crippen LogP contribution in [0.3, 0.4) is 0 Å². The molecule has 3 amide bonds. The first-order chi connectivity index (χ1) is 45.8. The summed E-state index contributed by atoms with van der Waals surface area (Å²) in [5.74, 6) is 5.54. The molecular weight excluding hydrogens is 1240 g/mol. The minimum absolute atomic E-state index is 0.0714. The molecule has 508 valence electrons. The number of likely N-dealkylation sites (tertiary alicyclic amines) is 2. The second-order valence-electron chi connectivity index (χ2n) is 25.6. The number of fused-ring (bicyclic) bond motifs is 3. The number of amides is 3. The van der Waals surface area contributed by atoms with Crippen LogP contribution in [0.2, 0.25) is 0 Å². The van der Waals surface area contributed by atoms with Crippen molar-refractivity contribution >= 4 is 75.3 Å². The number of methoxy groups -OCH3 is 6. The van der Waals surface area contributed by atoms with Crippen LogP contribution in [0, 0.1) is 0 Å². The molecule has 3 aliphatic rings. The summed E-state index contributed by atoms with van der Waals surface area (Å²) in [6, 6.07) is 16.6. The van der Waals surface area contributed by atoms with Crippen molar-refractivity contribution < 1.29 is 57.0 Å². The second kappa shape index (κ2) is 28.7. The van der Waals surface area contributed by atoms with E-state index in [4.69, 9.17) is 57.6 Å². The monoisotopic (exact) mass is 1320 g/mol. The van der Waals surface area contributed by atoms with Gasteiger partial charge in [-0.3, -0.25) is 0 Å². The molecule has 3 aromatic carbocycles. The zero-order chi connectivity index (χ0) is 68.6. The molecule has 6 aromatic heterocycles. The van der Waals surface area contributed by atoms with E-state index in [1.807, 2.05) is 135 Å². The van der Waals surface area contributed by atoms with Crippen molar-refractivity contribution in [1.29, 1.82) is 0 Å². The number of ether oxygens (including phenoxy) is 9. The second-order valence-corrected chi connectivity index (χ2v) is 25.6. The molecular formula is C66H82N18O12. The predicted molar refractivity (Wildman–Crippen MR) is 357 cm³/mol. The minimum atomic E-state index is -0.547. The summed E-state index contributed by atoms with van der Waals surface area (Å²) >= 11 is 0. The number of nitrogens with zero attached hydrogens (tertiary/aromatic N) is 15. The number of benzene rings is 3. The number of rotatable bonds is 15. The predicted octanol–water partition coefficient (Wildman–Crippen LogP) is 10.7. The number of carbonyl (C=O) groups excluding carboxylic acids is 3. The summed E-state index contributed by atoms with van der Waals surface area (Å²) < 4.78 is 53.6. The average Bonchev–Trinajstić information content (AvgIpc) is 1.56. The lowest BCUT2D eigenvalue weighted by Crippen LogP contribution is -2.35. The van der Waals surface area contributed by atoms with Crippen molar-refractivity contribution in [1.82, 2.24) is 73.4 Å². The van der Waals surface area contributed by atoms with Crippen LogP contribution in [0.5, 0.6) is 34.5 Å². The first kappa shape index (κ1) is 67.9. The zero-order valence-electron chi connectivity index (χ0n) is 56.7. The molecule has 0 saturated carbocycles. The van der Waals surface area contributed by atoms with Gasteiger partial charge in [-0.05, 0) is 117 Å². The summed E-state index contributed by atoms with van der Waals surface area (Å²) in [6.07, 6.45) is 12.6.